The predicted molar refractivity (Wildman–Crippen MR) is 84.5 cm³/mol. The zero-order chi connectivity index (χ0) is 15.4. The van der Waals surface area contributed by atoms with Gasteiger partial charge in [-0.05, 0) is 59.8 Å². The highest BCUT2D eigenvalue weighted by atomic mass is 79.9. The van der Waals surface area contributed by atoms with Gasteiger partial charge in [0.15, 0.2) is 0 Å². The minimum absolute atomic E-state index is 0.179. The second kappa shape index (κ2) is 6.93. The number of anilines is 1. The van der Waals surface area contributed by atoms with Gasteiger partial charge in [0.05, 0.1) is 5.69 Å². The first-order valence-electron chi connectivity index (χ1n) is 7.07. The molecule has 1 amide bonds. The Bertz CT molecular complexity index is 548. The molecule has 1 fully saturated rings. The van der Waals surface area contributed by atoms with E-state index in [0.29, 0.717) is 12.0 Å². The third-order valence-corrected chi connectivity index (χ3v) is 4.50. The van der Waals surface area contributed by atoms with Crippen LogP contribution < -0.4 is 10.6 Å². The average Bonchev–Trinajstić information content (AvgIpc) is 2.45. The summed E-state index contributed by atoms with van der Waals surface area (Å²) in [6.45, 7) is 0.902. The first-order valence-corrected chi connectivity index (χ1v) is 7.86. The molecule has 1 aromatic rings. The quantitative estimate of drug-likeness (QED) is 0.851. The van der Waals surface area contributed by atoms with Crippen LogP contribution in [-0.4, -0.2) is 29.6 Å². The van der Waals surface area contributed by atoms with Gasteiger partial charge in [-0.3, -0.25) is 9.59 Å². The van der Waals surface area contributed by atoms with Gasteiger partial charge < -0.3 is 15.7 Å². The highest BCUT2D eigenvalue weighted by Gasteiger charge is 2.24. The number of carbonyl (C=O) groups is 2. The number of halogens is 1. The van der Waals surface area contributed by atoms with E-state index in [2.05, 4.69) is 20.8 Å². The largest absolute Gasteiger partial charge is 0.481 e. The van der Waals surface area contributed by atoms with Crippen molar-refractivity contribution >= 4 is 33.5 Å². The molecule has 1 aromatic carbocycles. The van der Waals surface area contributed by atoms with Crippen LogP contribution in [0, 0.1) is 0 Å². The number of carboxylic acids is 1. The lowest BCUT2D eigenvalue weighted by atomic mass is 9.97. The zero-order valence-corrected chi connectivity index (χ0v) is 13.3. The molecule has 3 N–H and O–H groups in total. The molecule has 0 aromatic heterocycles. The lowest BCUT2D eigenvalue weighted by molar-refractivity contribution is -0.137. The summed E-state index contributed by atoms with van der Waals surface area (Å²) in [6, 6.07) is 5.54. The van der Waals surface area contributed by atoms with E-state index in [-0.39, 0.29) is 12.5 Å². The summed E-state index contributed by atoms with van der Waals surface area (Å²) < 4.78 is 0.820. The van der Waals surface area contributed by atoms with Crippen LogP contribution in [0.25, 0.3) is 0 Å². The molecule has 5 nitrogen and oxygen atoms in total. The molecule has 1 atom stereocenters. The van der Waals surface area contributed by atoms with Crippen molar-refractivity contribution in [2.24, 2.45) is 5.73 Å². The molecule has 1 heterocycles. The number of carboxylic acid groups (broad SMARTS) is 1. The minimum Gasteiger partial charge on any atom is -0.481 e. The molecule has 21 heavy (non-hydrogen) atoms. The highest BCUT2D eigenvalue weighted by molar-refractivity contribution is 9.10. The van der Waals surface area contributed by atoms with Crippen LogP contribution in [-0.2, 0) is 4.79 Å². The standard InChI is InChI=1S/C15H19BrN2O3/c16-12-9-10(15(17)21)4-6-13(12)18-8-2-1-3-11(18)5-7-14(19)20/h4,6,9,11H,1-3,5,7-8H2,(H2,17,21)(H,19,20). The van der Waals surface area contributed by atoms with Crippen LogP contribution in [0.2, 0.25) is 0 Å². The topological polar surface area (TPSA) is 83.6 Å². The summed E-state index contributed by atoms with van der Waals surface area (Å²) in [5.41, 5.74) is 6.74. The smallest absolute Gasteiger partial charge is 0.303 e. The molecule has 0 saturated carbocycles. The fourth-order valence-electron chi connectivity index (χ4n) is 2.80. The van der Waals surface area contributed by atoms with Crippen molar-refractivity contribution < 1.29 is 14.7 Å². The molecule has 1 aliphatic rings. The second-order valence-electron chi connectivity index (χ2n) is 5.31. The minimum atomic E-state index is -0.760. The molecule has 1 aliphatic heterocycles. The summed E-state index contributed by atoms with van der Waals surface area (Å²) in [7, 11) is 0. The zero-order valence-electron chi connectivity index (χ0n) is 11.7. The highest BCUT2D eigenvalue weighted by Crippen LogP contribution is 2.33. The van der Waals surface area contributed by atoms with Gasteiger partial charge in [0.1, 0.15) is 0 Å². The number of nitrogens with zero attached hydrogens (tertiary/aromatic N) is 1. The van der Waals surface area contributed by atoms with E-state index in [1.807, 2.05) is 6.07 Å². The SMILES string of the molecule is NC(=O)c1ccc(N2CCCCC2CCC(=O)O)c(Br)c1. The lowest BCUT2D eigenvalue weighted by Crippen LogP contribution is -2.40. The maximum Gasteiger partial charge on any atom is 0.303 e. The fourth-order valence-corrected chi connectivity index (χ4v) is 3.41. The van der Waals surface area contributed by atoms with Gasteiger partial charge >= 0.3 is 5.97 Å². The summed E-state index contributed by atoms with van der Waals surface area (Å²) in [5, 5.41) is 8.87. The fraction of sp³-hybridized carbons (Fsp3) is 0.467. The Labute approximate surface area is 132 Å². The number of amides is 1. The summed E-state index contributed by atoms with van der Waals surface area (Å²) in [5.74, 6) is -1.22. The molecule has 0 radical (unpaired) electrons. The molecule has 2 rings (SSSR count). The number of benzene rings is 1. The van der Waals surface area contributed by atoms with Gasteiger partial charge in [-0.15, -0.1) is 0 Å². The molecular weight excluding hydrogens is 336 g/mol. The van der Waals surface area contributed by atoms with Crippen LogP contribution >= 0.6 is 15.9 Å². The Morgan fingerprint density at radius 1 is 1.38 bits per heavy atom. The summed E-state index contributed by atoms with van der Waals surface area (Å²) in [4.78, 5) is 24.2. The van der Waals surface area contributed by atoms with Crippen molar-refractivity contribution in [1.29, 1.82) is 0 Å². The van der Waals surface area contributed by atoms with E-state index >= 15 is 0 Å². The molecule has 1 saturated heterocycles. The monoisotopic (exact) mass is 354 g/mol. The Morgan fingerprint density at radius 3 is 2.76 bits per heavy atom. The van der Waals surface area contributed by atoms with Crippen molar-refractivity contribution in [3.05, 3.63) is 28.2 Å². The van der Waals surface area contributed by atoms with Crippen molar-refractivity contribution in [2.75, 3.05) is 11.4 Å². The molecule has 1 unspecified atom stereocenters. The number of hydrogen-bond donors (Lipinski definition) is 2. The first kappa shape index (κ1) is 15.8. The number of carbonyl (C=O) groups excluding carboxylic acids is 1. The van der Waals surface area contributed by atoms with Gasteiger partial charge in [0, 0.05) is 29.0 Å². The van der Waals surface area contributed by atoms with Gasteiger partial charge in [-0.1, -0.05) is 0 Å². The number of rotatable bonds is 5. The molecule has 0 bridgehead atoms. The van der Waals surface area contributed by atoms with Gasteiger partial charge in [0.25, 0.3) is 0 Å². The maximum absolute atomic E-state index is 11.2. The van der Waals surface area contributed by atoms with Gasteiger partial charge in [0.2, 0.25) is 5.91 Å². The van der Waals surface area contributed by atoms with E-state index < -0.39 is 11.9 Å². The normalized spacial score (nSPS) is 18.5. The summed E-state index contributed by atoms with van der Waals surface area (Å²) in [6.07, 6.45) is 4.03. The van der Waals surface area contributed by atoms with Crippen LogP contribution in [0.5, 0.6) is 0 Å². The number of nitrogens with two attached hydrogens (primary N) is 1. The van der Waals surface area contributed by atoms with E-state index in [1.54, 1.807) is 12.1 Å². The van der Waals surface area contributed by atoms with Crippen molar-refractivity contribution in [3.63, 3.8) is 0 Å². The van der Waals surface area contributed by atoms with E-state index in [4.69, 9.17) is 10.8 Å². The van der Waals surface area contributed by atoms with Gasteiger partial charge in [-0.2, -0.15) is 0 Å². The number of aliphatic carboxylic acids is 1. The number of hydrogen-bond acceptors (Lipinski definition) is 3. The Morgan fingerprint density at radius 2 is 2.14 bits per heavy atom. The van der Waals surface area contributed by atoms with Crippen molar-refractivity contribution in [2.45, 2.75) is 38.1 Å². The van der Waals surface area contributed by atoms with Crippen LogP contribution in [0.15, 0.2) is 22.7 Å². The second-order valence-corrected chi connectivity index (χ2v) is 6.16. The molecular formula is C15H19BrN2O3. The Kier molecular flexibility index (Phi) is 5.22. The Balaban J connectivity index is 2.20. The van der Waals surface area contributed by atoms with Gasteiger partial charge in [-0.25, -0.2) is 0 Å². The lowest BCUT2D eigenvalue weighted by Gasteiger charge is -2.38. The van der Waals surface area contributed by atoms with Crippen molar-refractivity contribution in [1.82, 2.24) is 0 Å². The number of piperidine rings is 1. The first-order chi connectivity index (χ1) is 9.99. The van der Waals surface area contributed by atoms with Crippen LogP contribution in [0.3, 0.4) is 0 Å². The van der Waals surface area contributed by atoms with E-state index in [1.165, 1.54) is 0 Å². The van der Waals surface area contributed by atoms with Crippen molar-refractivity contribution in [3.8, 4) is 0 Å². The predicted octanol–water partition coefficient (Wildman–Crippen LogP) is 2.77. The average molecular weight is 355 g/mol. The van der Waals surface area contributed by atoms with E-state index in [9.17, 15) is 9.59 Å². The van der Waals surface area contributed by atoms with Crippen LogP contribution in [0.1, 0.15) is 42.5 Å². The number of primary amides is 1. The molecule has 0 spiro atoms. The third kappa shape index (κ3) is 3.97. The molecule has 114 valence electrons. The maximum atomic E-state index is 11.2. The Hall–Kier alpha value is -1.56. The van der Waals surface area contributed by atoms with E-state index in [0.717, 1.165) is 36.0 Å². The van der Waals surface area contributed by atoms with Crippen LogP contribution in [0.4, 0.5) is 5.69 Å². The third-order valence-electron chi connectivity index (χ3n) is 3.86. The molecule has 0 aliphatic carbocycles. The molecule has 6 heteroatoms. The summed E-state index contributed by atoms with van der Waals surface area (Å²) >= 11 is 3.49.